The van der Waals surface area contributed by atoms with Crippen molar-refractivity contribution in [3.05, 3.63) is 34.0 Å². The smallest absolute Gasteiger partial charge is 0.138 e. The van der Waals surface area contributed by atoms with Gasteiger partial charge in [-0.2, -0.15) is 0 Å². The van der Waals surface area contributed by atoms with Gasteiger partial charge in [0.05, 0.1) is 6.26 Å². The van der Waals surface area contributed by atoms with E-state index in [9.17, 15) is 0 Å². The van der Waals surface area contributed by atoms with E-state index in [0.29, 0.717) is 6.04 Å². The van der Waals surface area contributed by atoms with Crippen LogP contribution in [0.2, 0.25) is 0 Å². The standard InChI is InChI=1S/C14H18BrNO/c1-9(2)16-7-6-11-8-17-14-10(3)4-5-12(15)13(11)14/h4-5,8-9,16H,6-7H2,1-3H3. The van der Waals surface area contributed by atoms with E-state index in [2.05, 4.69) is 54.2 Å². The van der Waals surface area contributed by atoms with Crippen molar-refractivity contribution in [2.45, 2.75) is 33.2 Å². The zero-order chi connectivity index (χ0) is 12.4. The summed E-state index contributed by atoms with van der Waals surface area (Å²) < 4.78 is 6.78. The largest absolute Gasteiger partial charge is 0.464 e. The molecule has 92 valence electrons. The Morgan fingerprint density at radius 3 is 2.82 bits per heavy atom. The molecule has 17 heavy (non-hydrogen) atoms. The van der Waals surface area contributed by atoms with Crippen LogP contribution in [0.3, 0.4) is 0 Å². The third kappa shape index (κ3) is 2.72. The van der Waals surface area contributed by atoms with Gasteiger partial charge in [0.25, 0.3) is 0 Å². The highest BCUT2D eigenvalue weighted by Gasteiger charge is 2.11. The summed E-state index contributed by atoms with van der Waals surface area (Å²) in [5.74, 6) is 0. The van der Waals surface area contributed by atoms with Crippen LogP contribution < -0.4 is 5.32 Å². The minimum absolute atomic E-state index is 0.526. The lowest BCUT2D eigenvalue weighted by atomic mass is 10.1. The van der Waals surface area contributed by atoms with Crippen LogP contribution in [0, 0.1) is 6.92 Å². The molecule has 0 saturated heterocycles. The fourth-order valence-electron chi connectivity index (χ4n) is 1.98. The second kappa shape index (κ2) is 5.23. The molecule has 0 bridgehead atoms. The van der Waals surface area contributed by atoms with E-state index in [1.165, 1.54) is 16.5 Å². The van der Waals surface area contributed by atoms with E-state index in [1.807, 2.05) is 6.26 Å². The zero-order valence-corrected chi connectivity index (χ0v) is 12.1. The summed E-state index contributed by atoms with van der Waals surface area (Å²) in [5.41, 5.74) is 3.45. The van der Waals surface area contributed by atoms with E-state index >= 15 is 0 Å². The van der Waals surface area contributed by atoms with Gasteiger partial charge < -0.3 is 9.73 Å². The number of hydrogen-bond donors (Lipinski definition) is 1. The van der Waals surface area contributed by atoms with Crippen molar-refractivity contribution in [3.63, 3.8) is 0 Å². The molecule has 1 heterocycles. The Kier molecular flexibility index (Phi) is 3.89. The Labute approximate surface area is 111 Å². The summed E-state index contributed by atoms with van der Waals surface area (Å²) in [5, 5.41) is 4.64. The summed E-state index contributed by atoms with van der Waals surface area (Å²) in [4.78, 5) is 0. The molecule has 2 nitrogen and oxygen atoms in total. The molecule has 0 atom stereocenters. The van der Waals surface area contributed by atoms with E-state index in [1.54, 1.807) is 0 Å². The van der Waals surface area contributed by atoms with Crippen LogP contribution in [0.4, 0.5) is 0 Å². The van der Waals surface area contributed by atoms with Crippen LogP contribution >= 0.6 is 15.9 Å². The van der Waals surface area contributed by atoms with Crippen molar-refractivity contribution in [1.29, 1.82) is 0 Å². The normalized spacial score (nSPS) is 11.6. The molecule has 1 N–H and O–H groups in total. The van der Waals surface area contributed by atoms with Crippen LogP contribution in [0.15, 0.2) is 27.3 Å². The van der Waals surface area contributed by atoms with E-state index < -0.39 is 0 Å². The maximum atomic E-state index is 5.66. The highest BCUT2D eigenvalue weighted by Crippen LogP contribution is 2.31. The van der Waals surface area contributed by atoms with Gasteiger partial charge in [-0.1, -0.05) is 35.8 Å². The molecule has 0 unspecified atom stereocenters. The van der Waals surface area contributed by atoms with E-state index in [0.717, 1.165) is 23.0 Å². The average molecular weight is 296 g/mol. The Hall–Kier alpha value is -0.800. The van der Waals surface area contributed by atoms with Gasteiger partial charge in [-0.25, -0.2) is 0 Å². The summed E-state index contributed by atoms with van der Waals surface area (Å²) in [6.45, 7) is 7.38. The molecule has 0 amide bonds. The van der Waals surface area contributed by atoms with E-state index in [-0.39, 0.29) is 0 Å². The van der Waals surface area contributed by atoms with Crippen molar-refractivity contribution in [2.24, 2.45) is 0 Å². The summed E-state index contributed by atoms with van der Waals surface area (Å²) in [6.07, 6.45) is 2.87. The maximum Gasteiger partial charge on any atom is 0.138 e. The van der Waals surface area contributed by atoms with Crippen molar-refractivity contribution in [3.8, 4) is 0 Å². The van der Waals surface area contributed by atoms with Crippen molar-refractivity contribution in [2.75, 3.05) is 6.54 Å². The van der Waals surface area contributed by atoms with Crippen LogP contribution in [-0.2, 0) is 6.42 Å². The highest BCUT2D eigenvalue weighted by molar-refractivity contribution is 9.10. The first-order chi connectivity index (χ1) is 8.09. The molecule has 1 aromatic heterocycles. The third-order valence-corrected chi connectivity index (χ3v) is 3.55. The van der Waals surface area contributed by atoms with Gasteiger partial charge in [-0.3, -0.25) is 0 Å². The van der Waals surface area contributed by atoms with Crippen LogP contribution in [0.5, 0.6) is 0 Å². The predicted molar refractivity (Wildman–Crippen MR) is 75.5 cm³/mol. The minimum atomic E-state index is 0.526. The number of rotatable bonds is 4. The van der Waals surface area contributed by atoms with Crippen molar-refractivity contribution >= 4 is 26.9 Å². The number of hydrogen-bond acceptors (Lipinski definition) is 2. The molecule has 3 heteroatoms. The van der Waals surface area contributed by atoms with Gasteiger partial charge >= 0.3 is 0 Å². The molecule has 1 aromatic carbocycles. The van der Waals surface area contributed by atoms with Gasteiger partial charge in [-0.15, -0.1) is 0 Å². The average Bonchev–Trinajstić information content (AvgIpc) is 2.68. The predicted octanol–water partition coefficient (Wildman–Crippen LogP) is 4.04. The zero-order valence-electron chi connectivity index (χ0n) is 10.5. The molecule has 2 aromatic rings. The molecule has 0 radical (unpaired) electrons. The second-order valence-corrected chi connectivity index (χ2v) is 5.54. The Morgan fingerprint density at radius 2 is 2.12 bits per heavy atom. The number of nitrogens with one attached hydrogen (secondary N) is 1. The fourth-order valence-corrected chi connectivity index (χ4v) is 2.55. The molecule has 0 aliphatic rings. The van der Waals surface area contributed by atoms with Crippen molar-refractivity contribution < 1.29 is 4.42 Å². The van der Waals surface area contributed by atoms with Gasteiger partial charge in [0.15, 0.2) is 0 Å². The molecule has 0 spiro atoms. The lowest BCUT2D eigenvalue weighted by Crippen LogP contribution is -2.24. The Morgan fingerprint density at radius 1 is 1.35 bits per heavy atom. The number of aryl methyl sites for hydroxylation is 1. The lowest BCUT2D eigenvalue weighted by molar-refractivity contribution is 0.580. The van der Waals surface area contributed by atoms with Crippen molar-refractivity contribution in [1.82, 2.24) is 5.32 Å². The second-order valence-electron chi connectivity index (χ2n) is 4.69. The first-order valence-electron chi connectivity index (χ1n) is 5.98. The topological polar surface area (TPSA) is 25.2 Å². The van der Waals surface area contributed by atoms with Crippen LogP contribution in [0.25, 0.3) is 11.0 Å². The summed E-state index contributed by atoms with van der Waals surface area (Å²) in [7, 11) is 0. The first-order valence-corrected chi connectivity index (χ1v) is 6.77. The molecular weight excluding hydrogens is 278 g/mol. The molecule has 0 aliphatic heterocycles. The van der Waals surface area contributed by atoms with Gasteiger partial charge in [0, 0.05) is 21.5 Å². The summed E-state index contributed by atoms with van der Waals surface area (Å²) >= 11 is 3.60. The van der Waals surface area contributed by atoms with Crippen LogP contribution in [-0.4, -0.2) is 12.6 Å². The number of benzene rings is 1. The lowest BCUT2D eigenvalue weighted by Gasteiger charge is -2.07. The first kappa shape index (κ1) is 12.7. The number of fused-ring (bicyclic) bond motifs is 1. The van der Waals surface area contributed by atoms with Gasteiger partial charge in [0.1, 0.15) is 5.58 Å². The number of halogens is 1. The molecule has 2 rings (SSSR count). The van der Waals surface area contributed by atoms with Gasteiger partial charge in [-0.05, 0) is 31.5 Å². The van der Waals surface area contributed by atoms with Gasteiger partial charge in [0.2, 0.25) is 0 Å². The Bertz CT molecular complexity index is 516. The molecule has 0 fully saturated rings. The SMILES string of the molecule is Cc1ccc(Br)c2c(CCNC(C)C)coc12. The minimum Gasteiger partial charge on any atom is -0.464 e. The summed E-state index contributed by atoms with van der Waals surface area (Å²) in [6, 6.07) is 4.69. The molecular formula is C14H18BrNO. The fraction of sp³-hybridized carbons (Fsp3) is 0.429. The van der Waals surface area contributed by atoms with Crippen LogP contribution in [0.1, 0.15) is 25.0 Å². The highest BCUT2D eigenvalue weighted by atomic mass is 79.9. The van der Waals surface area contributed by atoms with E-state index in [4.69, 9.17) is 4.42 Å². The third-order valence-electron chi connectivity index (χ3n) is 2.89. The molecule has 0 saturated carbocycles. The molecule has 0 aliphatic carbocycles. The Balaban J connectivity index is 2.26. The maximum absolute atomic E-state index is 5.66. The monoisotopic (exact) mass is 295 g/mol. The quantitative estimate of drug-likeness (QED) is 0.921. The number of furan rings is 1.